The molecule has 0 unspecified atom stereocenters. The maximum absolute atomic E-state index is 11.3. The first-order valence-electron chi connectivity index (χ1n) is 5.95. The van der Waals surface area contributed by atoms with E-state index in [1.807, 2.05) is 12.1 Å². The predicted molar refractivity (Wildman–Crippen MR) is 71.2 cm³/mol. The highest BCUT2D eigenvalue weighted by molar-refractivity contribution is 7.91. The van der Waals surface area contributed by atoms with Crippen LogP contribution in [-0.4, -0.2) is 26.0 Å². The number of anilines is 1. The third kappa shape index (κ3) is 3.24. The third-order valence-corrected chi connectivity index (χ3v) is 4.90. The molecule has 0 bridgehead atoms. The molecule has 6 heteroatoms. The van der Waals surface area contributed by atoms with Crippen LogP contribution in [0, 0.1) is 22.7 Å². The topological polar surface area (TPSA) is 93.8 Å². The Kier molecular flexibility index (Phi) is 3.73. The lowest BCUT2D eigenvalue weighted by atomic mass is 10.1. The fourth-order valence-corrected chi connectivity index (χ4v) is 3.59. The van der Waals surface area contributed by atoms with E-state index in [2.05, 4.69) is 5.32 Å². The van der Waals surface area contributed by atoms with E-state index < -0.39 is 9.84 Å². The second-order valence-electron chi connectivity index (χ2n) is 4.55. The molecule has 1 heterocycles. The lowest BCUT2D eigenvalue weighted by Crippen LogP contribution is -2.32. The van der Waals surface area contributed by atoms with Gasteiger partial charge < -0.3 is 5.32 Å². The van der Waals surface area contributed by atoms with Crippen molar-refractivity contribution in [3.63, 3.8) is 0 Å². The highest BCUT2D eigenvalue weighted by atomic mass is 32.2. The van der Waals surface area contributed by atoms with Crippen molar-refractivity contribution in [2.45, 2.75) is 18.9 Å². The average Bonchev–Trinajstić information content (AvgIpc) is 2.41. The van der Waals surface area contributed by atoms with Crippen LogP contribution in [0.25, 0.3) is 0 Å². The maximum Gasteiger partial charge on any atom is 0.150 e. The fraction of sp³-hybridized carbons (Fsp3) is 0.385. The van der Waals surface area contributed by atoms with Gasteiger partial charge in [0.25, 0.3) is 0 Å². The van der Waals surface area contributed by atoms with Crippen LogP contribution < -0.4 is 5.32 Å². The van der Waals surface area contributed by atoms with Crippen molar-refractivity contribution >= 4 is 15.5 Å². The zero-order chi connectivity index (χ0) is 13.9. The lowest BCUT2D eigenvalue weighted by Gasteiger charge is -2.24. The Morgan fingerprint density at radius 3 is 2.32 bits per heavy atom. The summed E-state index contributed by atoms with van der Waals surface area (Å²) in [7, 11) is -2.87. The molecule has 5 nitrogen and oxygen atoms in total. The van der Waals surface area contributed by atoms with Crippen molar-refractivity contribution in [1.82, 2.24) is 0 Å². The number of hydrogen-bond donors (Lipinski definition) is 1. The average molecular weight is 275 g/mol. The molecule has 0 aromatic heterocycles. The summed E-state index contributed by atoms with van der Waals surface area (Å²) in [5, 5.41) is 21.0. The van der Waals surface area contributed by atoms with Gasteiger partial charge in [-0.1, -0.05) is 0 Å². The molecular formula is C13H13N3O2S. The van der Waals surface area contributed by atoms with Crippen LogP contribution in [0.3, 0.4) is 0 Å². The molecule has 0 aliphatic carbocycles. The number of nitrogens with one attached hydrogen (secondary N) is 1. The predicted octanol–water partition coefficient (Wildman–Crippen LogP) is 1.42. The lowest BCUT2D eigenvalue weighted by molar-refractivity contribution is 0.559. The molecule has 1 aliphatic heterocycles. The highest BCUT2D eigenvalue weighted by Gasteiger charge is 2.23. The molecule has 0 atom stereocenters. The molecule has 98 valence electrons. The van der Waals surface area contributed by atoms with Gasteiger partial charge in [-0.05, 0) is 31.0 Å². The number of rotatable bonds is 2. The van der Waals surface area contributed by atoms with E-state index in [0.29, 0.717) is 24.0 Å². The van der Waals surface area contributed by atoms with Gasteiger partial charge in [-0.3, -0.25) is 0 Å². The van der Waals surface area contributed by atoms with Crippen LogP contribution in [0.1, 0.15) is 24.0 Å². The van der Waals surface area contributed by atoms with Gasteiger partial charge >= 0.3 is 0 Å². The number of sulfone groups is 1. The Morgan fingerprint density at radius 1 is 1.11 bits per heavy atom. The zero-order valence-corrected chi connectivity index (χ0v) is 11.1. The fourth-order valence-electron chi connectivity index (χ4n) is 2.09. The Balaban J connectivity index is 2.09. The van der Waals surface area contributed by atoms with Gasteiger partial charge in [-0.25, -0.2) is 8.42 Å². The highest BCUT2D eigenvalue weighted by Crippen LogP contribution is 2.20. The molecule has 1 fully saturated rings. The van der Waals surface area contributed by atoms with E-state index in [0.717, 1.165) is 5.69 Å². The summed E-state index contributed by atoms with van der Waals surface area (Å²) in [5.74, 6) is 0.401. The van der Waals surface area contributed by atoms with Crippen LogP contribution in [0.2, 0.25) is 0 Å². The summed E-state index contributed by atoms with van der Waals surface area (Å²) in [6.45, 7) is 0. The molecule has 0 spiro atoms. The molecule has 1 N–H and O–H groups in total. The number of nitriles is 2. The summed E-state index contributed by atoms with van der Waals surface area (Å²) in [6.07, 6.45) is 1.15. The first-order chi connectivity index (χ1) is 9.04. The Bertz CT molecular complexity index is 654. The van der Waals surface area contributed by atoms with Crippen LogP contribution in [-0.2, 0) is 9.84 Å². The summed E-state index contributed by atoms with van der Waals surface area (Å²) < 4.78 is 22.7. The van der Waals surface area contributed by atoms with E-state index in [4.69, 9.17) is 10.5 Å². The van der Waals surface area contributed by atoms with Crippen molar-refractivity contribution in [2.24, 2.45) is 0 Å². The van der Waals surface area contributed by atoms with Gasteiger partial charge in [0.2, 0.25) is 0 Å². The summed E-state index contributed by atoms with van der Waals surface area (Å²) in [5.41, 5.74) is 1.43. The minimum Gasteiger partial charge on any atom is -0.382 e. The van der Waals surface area contributed by atoms with Crippen molar-refractivity contribution in [3.05, 3.63) is 29.3 Å². The number of benzene rings is 1. The maximum atomic E-state index is 11.3. The van der Waals surface area contributed by atoms with E-state index in [-0.39, 0.29) is 17.5 Å². The Morgan fingerprint density at radius 2 is 1.74 bits per heavy atom. The molecule has 0 radical (unpaired) electrons. The van der Waals surface area contributed by atoms with Crippen molar-refractivity contribution < 1.29 is 8.42 Å². The number of hydrogen-bond acceptors (Lipinski definition) is 5. The minimum absolute atomic E-state index is 0.100. The smallest absolute Gasteiger partial charge is 0.150 e. The van der Waals surface area contributed by atoms with Gasteiger partial charge in [0.15, 0.2) is 0 Å². The van der Waals surface area contributed by atoms with Gasteiger partial charge in [-0.15, -0.1) is 0 Å². The monoisotopic (exact) mass is 275 g/mol. The van der Waals surface area contributed by atoms with Crippen LogP contribution in [0.5, 0.6) is 0 Å². The second kappa shape index (κ2) is 5.29. The Labute approximate surface area is 112 Å². The Hall–Kier alpha value is -2.05. The van der Waals surface area contributed by atoms with Gasteiger partial charge in [0.1, 0.15) is 22.0 Å². The standard InChI is InChI=1S/C13H13N3O2S/c14-8-10-1-2-13(7-11(10)9-15)16-12-3-5-19(17,18)6-4-12/h1-2,7,12,16H,3-6H2. The van der Waals surface area contributed by atoms with Crippen LogP contribution in [0.15, 0.2) is 18.2 Å². The molecule has 0 saturated carbocycles. The van der Waals surface area contributed by atoms with E-state index in [1.54, 1.807) is 18.2 Å². The van der Waals surface area contributed by atoms with Crippen molar-refractivity contribution in [3.8, 4) is 12.1 Å². The third-order valence-electron chi connectivity index (χ3n) is 3.19. The van der Waals surface area contributed by atoms with E-state index >= 15 is 0 Å². The number of nitrogens with zero attached hydrogens (tertiary/aromatic N) is 2. The molecule has 2 rings (SSSR count). The zero-order valence-electron chi connectivity index (χ0n) is 10.3. The molecule has 1 saturated heterocycles. The summed E-state index contributed by atoms with van der Waals surface area (Å²) >= 11 is 0. The van der Waals surface area contributed by atoms with Crippen LogP contribution >= 0.6 is 0 Å². The molecule has 1 aromatic rings. The molecule has 0 amide bonds. The molecule has 19 heavy (non-hydrogen) atoms. The summed E-state index contributed by atoms with van der Waals surface area (Å²) in [6, 6.07) is 9.00. The first kappa shape index (κ1) is 13.4. The first-order valence-corrected chi connectivity index (χ1v) is 7.77. The largest absolute Gasteiger partial charge is 0.382 e. The van der Waals surface area contributed by atoms with Crippen LogP contribution in [0.4, 0.5) is 5.69 Å². The second-order valence-corrected chi connectivity index (χ2v) is 6.86. The normalized spacial score (nSPS) is 18.2. The molecule has 1 aliphatic rings. The summed E-state index contributed by atoms with van der Waals surface area (Å²) in [4.78, 5) is 0. The van der Waals surface area contributed by atoms with Crippen molar-refractivity contribution in [2.75, 3.05) is 16.8 Å². The van der Waals surface area contributed by atoms with Crippen molar-refractivity contribution in [1.29, 1.82) is 10.5 Å². The van der Waals surface area contributed by atoms with E-state index in [9.17, 15) is 8.42 Å². The van der Waals surface area contributed by atoms with E-state index in [1.165, 1.54) is 0 Å². The SMILES string of the molecule is N#Cc1ccc(NC2CCS(=O)(=O)CC2)cc1C#N. The minimum atomic E-state index is -2.87. The van der Waals surface area contributed by atoms with Gasteiger partial charge in [0, 0.05) is 11.7 Å². The molecule has 1 aromatic carbocycles. The molecular weight excluding hydrogens is 262 g/mol. The van der Waals surface area contributed by atoms with Gasteiger partial charge in [-0.2, -0.15) is 10.5 Å². The quantitative estimate of drug-likeness (QED) is 0.880. The van der Waals surface area contributed by atoms with Gasteiger partial charge in [0.05, 0.1) is 22.6 Å².